The fourth-order valence-corrected chi connectivity index (χ4v) is 3.56. The van der Waals surface area contributed by atoms with Crippen LogP contribution in [0.2, 0.25) is 0 Å². The molecule has 0 radical (unpaired) electrons. The van der Waals surface area contributed by atoms with Gasteiger partial charge < -0.3 is 9.80 Å². The highest BCUT2D eigenvalue weighted by Crippen LogP contribution is 2.31. The Bertz CT molecular complexity index is 744. The third-order valence-corrected chi connectivity index (χ3v) is 5.48. The zero-order valence-electron chi connectivity index (χ0n) is 15.6. The average Bonchev–Trinajstić information content (AvgIpc) is 2.98. The summed E-state index contributed by atoms with van der Waals surface area (Å²) in [4.78, 5) is 21.9. The van der Waals surface area contributed by atoms with E-state index in [0.717, 1.165) is 18.7 Å². The van der Waals surface area contributed by atoms with E-state index < -0.39 is 0 Å². The van der Waals surface area contributed by atoms with Gasteiger partial charge in [-0.2, -0.15) is 0 Å². The van der Waals surface area contributed by atoms with Crippen LogP contribution in [0.5, 0.6) is 0 Å². The number of aryl methyl sites for hydroxylation is 2. The van der Waals surface area contributed by atoms with Crippen molar-refractivity contribution in [2.24, 2.45) is 0 Å². The number of hydrogen-bond donors (Lipinski definition) is 0. The van der Waals surface area contributed by atoms with Crippen LogP contribution in [0.1, 0.15) is 34.8 Å². The Kier molecular flexibility index (Phi) is 6.67. The van der Waals surface area contributed by atoms with Gasteiger partial charge in [0, 0.05) is 25.2 Å². The highest BCUT2D eigenvalue weighted by molar-refractivity contribution is 7.17. The van der Waals surface area contributed by atoms with Crippen molar-refractivity contribution in [2.75, 3.05) is 33.2 Å². The Hall–Kier alpha value is -1.79. The Labute approximate surface area is 153 Å². The molecule has 2 rings (SSSR count). The van der Waals surface area contributed by atoms with Gasteiger partial charge in [0.15, 0.2) is 0 Å². The lowest BCUT2D eigenvalue weighted by Crippen LogP contribution is -2.37. The molecule has 1 aromatic carbocycles. The van der Waals surface area contributed by atoms with Crippen molar-refractivity contribution >= 4 is 17.2 Å². The quantitative estimate of drug-likeness (QED) is 0.747. The van der Waals surface area contributed by atoms with Gasteiger partial charge in [0.1, 0.15) is 15.7 Å². The fraction of sp³-hybridized carbons (Fsp3) is 0.474. The topological polar surface area (TPSA) is 36.4 Å². The summed E-state index contributed by atoms with van der Waals surface area (Å²) in [6, 6.07) is 4.95. The second-order valence-electron chi connectivity index (χ2n) is 6.20. The van der Waals surface area contributed by atoms with Crippen LogP contribution in [0, 0.1) is 19.7 Å². The highest BCUT2D eigenvalue weighted by Gasteiger charge is 2.22. The van der Waals surface area contributed by atoms with Crippen molar-refractivity contribution in [1.29, 1.82) is 0 Å². The molecule has 0 unspecified atom stereocenters. The molecular formula is C19H26FN3OS. The monoisotopic (exact) mass is 363 g/mol. The number of halogens is 1. The zero-order valence-corrected chi connectivity index (χ0v) is 16.4. The number of aromatic nitrogens is 1. The summed E-state index contributed by atoms with van der Waals surface area (Å²) in [5.41, 5.74) is 2.09. The first-order chi connectivity index (χ1) is 11.9. The molecule has 0 aliphatic rings. The van der Waals surface area contributed by atoms with Crippen molar-refractivity contribution < 1.29 is 9.18 Å². The minimum atomic E-state index is -0.310. The summed E-state index contributed by atoms with van der Waals surface area (Å²) >= 11 is 1.27. The molecule has 25 heavy (non-hydrogen) atoms. The number of carbonyl (C=O) groups is 1. The summed E-state index contributed by atoms with van der Waals surface area (Å²) in [5, 5.41) is 0.559. The number of carbonyl (C=O) groups excluding carboxylic acids is 1. The van der Waals surface area contributed by atoms with Crippen LogP contribution in [-0.4, -0.2) is 53.9 Å². The van der Waals surface area contributed by atoms with E-state index >= 15 is 0 Å². The maximum absolute atomic E-state index is 14.1. The first-order valence-electron chi connectivity index (χ1n) is 8.59. The first kappa shape index (κ1) is 19.5. The Balaban J connectivity index is 2.26. The number of hydrogen-bond acceptors (Lipinski definition) is 4. The van der Waals surface area contributed by atoms with Crippen LogP contribution in [0.25, 0.3) is 10.6 Å². The molecule has 0 N–H and O–H groups in total. The largest absolute Gasteiger partial charge is 0.337 e. The summed E-state index contributed by atoms with van der Waals surface area (Å²) in [7, 11) is 2.04. The molecule has 0 saturated carbocycles. The van der Waals surface area contributed by atoms with Gasteiger partial charge in [0.2, 0.25) is 0 Å². The molecule has 0 saturated heterocycles. The molecule has 0 bridgehead atoms. The Morgan fingerprint density at radius 1 is 1.20 bits per heavy atom. The van der Waals surface area contributed by atoms with E-state index in [1.807, 2.05) is 32.7 Å². The fourth-order valence-electron chi connectivity index (χ4n) is 2.51. The summed E-state index contributed by atoms with van der Waals surface area (Å²) in [6.07, 6.45) is 0. The molecule has 136 valence electrons. The zero-order chi connectivity index (χ0) is 18.6. The van der Waals surface area contributed by atoms with E-state index in [0.29, 0.717) is 34.2 Å². The third kappa shape index (κ3) is 4.64. The van der Waals surface area contributed by atoms with Crippen molar-refractivity contribution in [1.82, 2.24) is 14.8 Å². The van der Waals surface area contributed by atoms with E-state index in [2.05, 4.69) is 16.8 Å². The molecule has 0 fully saturated rings. The molecule has 1 heterocycles. The molecule has 0 aliphatic heterocycles. The normalized spacial score (nSPS) is 11.2. The van der Waals surface area contributed by atoms with E-state index in [4.69, 9.17) is 0 Å². The van der Waals surface area contributed by atoms with Crippen LogP contribution in [0.4, 0.5) is 4.39 Å². The minimum absolute atomic E-state index is 0.0266. The SMILES string of the molecule is CCN(C)CCN(CC)C(=O)c1sc(-c2cc(C)ccc2F)nc1C. The minimum Gasteiger partial charge on any atom is -0.337 e. The van der Waals surface area contributed by atoms with Crippen LogP contribution in [0.15, 0.2) is 18.2 Å². The second-order valence-corrected chi connectivity index (χ2v) is 7.20. The lowest BCUT2D eigenvalue weighted by Gasteiger charge is -2.23. The third-order valence-electron chi connectivity index (χ3n) is 4.30. The lowest BCUT2D eigenvalue weighted by atomic mass is 10.1. The molecule has 0 aliphatic carbocycles. The van der Waals surface area contributed by atoms with Gasteiger partial charge in [0.25, 0.3) is 5.91 Å². The molecule has 1 amide bonds. The van der Waals surface area contributed by atoms with Gasteiger partial charge >= 0.3 is 0 Å². The maximum Gasteiger partial charge on any atom is 0.265 e. The van der Waals surface area contributed by atoms with Crippen LogP contribution >= 0.6 is 11.3 Å². The molecule has 0 atom stereocenters. The number of rotatable bonds is 7. The standard InChI is InChI=1S/C19H26FN3OS/c1-6-22(5)10-11-23(7-2)19(24)17-14(4)21-18(25-17)15-12-13(3)8-9-16(15)20/h8-9,12H,6-7,10-11H2,1-5H3. The van der Waals surface area contributed by atoms with Gasteiger partial charge in [-0.15, -0.1) is 11.3 Å². The summed E-state index contributed by atoms with van der Waals surface area (Å²) in [5.74, 6) is -0.336. The number of nitrogens with zero attached hydrogens (tertiary/aromatic N) is 3. The van der Waals surface area contributed by atoms with Gasteiger partial charge in [-0.05, 0) is 46.5 Å². The first-order valence-corrected chi connectivity index (χ1v) is 9.40. The molecule has 0 spiro atoms. The molecule has 2 aromatic rings. The average molecular weight is 364 g/mol. The van der Waals surface area contributed by atoms with E-state index in [1.54, 1.807) is 12.1 Å². The summed E-state index contributed by atoms with van der Waals surface area (Å²) < 4.78 is 14.1. The van der Waals surface area contributed by atoms with Crippen LogP contribution < -0.4 is 0 Å². The van der Waals surface area contributed by atoms with E-state index in [1.165, 1.54) is 17.4 Å². The highest BCUT2D eigenvalue weighted by atomic mass is 32.1. The van der Waals surface area contributed by atoms with E-state index in [-0.39, 0.29) is 11.7 Å². The number of likely N-dealkylation sites (N-methyl/N-ethyl adjacent to an activating group) is 2. The molecule has 6 heteroatoms. The smallest absolute Gasteiger partial charge is 0.265 e. The van der Waals surface area contributed by atoms with Crippen LogP contribution in [0.3, 0.4) is 0 Å². The predicted molar refractivity (Wildman–Crippen MR) is 102 cm³/mol. The van der Waals surface area contributed by atoms with Gasteiger partial charge in [-0.25, -0.2) is 9.37 Å². The second kappa shape index (κ2) is 8.54. The van der Waals surface area contributed by atoms with Gasteiger partial charge in [0.05, 0.1) is 5.69 Å². The van der Waals surface area contributed by atoms with Crippen molar-refractivity contribution in [3.8, 4) is 10.6 Å². The number of amides is 1. The lowest BCUT2D eigenvalue weighted by molar-refractivity contribution is 0.0755. The van der Waals surface area contributed by atoms with Crippen molar-refractivity contribution in [2.45, 2.75) is 27.7 Å². The molecule has 4 nitrogen and oxygen atoms in total. The van der Waals surface area contributed by atoms with Crippen LogP contribution in [-0.2, 0) is 0 Å². The maximum atomic E-state index is 14.1. The Morgan fingerprint density at radius 2 is 1.92 bits per heavy atom. The van der Waals surface area contributed by atoms with E-state index in [9.17, 15) is 9.18 Å². The van der Waals surface area contributed by atoms with Crippen molar-refractivity contribution in [3.63, 3.8) is 0 Å². The van der Waals surface area contributed by atoms with Crippen molar-refractivity contribution in [3.05, 3.63) is 40.2 Å². The number of benzene rings is 1. The molecular weight excluding hydrogens is 337 g/mol. The predicted octanol–water partition coefficient (Wildman–Crippen LogP) is 3.98. The Morgan fingerprint density at radius 3 is 2.56 bits per heavy atom. The summed E-state index contributed by atoms with van der Waals surface area (Å²) in [6.45, 7) is 10.9. The van der Waals surface area contributed by atoms with Gasteiger partial charge in [-0.3, -0.25) is 4.79 Å². The molecule has 1 aromatic heterocycles. The number of thiazole rings is 1. The van der Waals surface area contributed by atoms with Gasteiger partial charge in [-0.1, -0.05) is 18.6 Å².